The van der Waals surface area contributed by atoms with Crippen LogP contribution in [0, 0.1) is 18.6 Å². The fourth-order valence-electron chi connectivity index (χ4n) is 2.87. The van der Waals surface area contributed by atoms with Crippen LogP contribution in [-0.2, 0) is 6.42 Å². The monoisotopic (exact) mass is 287 g/mol. The fourth-order valence-corrected chi connectivity index (χ4v) is 2.87. The maximum absolute atomic E-state index is 14.2. The van der Waals surface area contributed by atoms with Crippen molar-refractivity contribution >= 4 is 17.7 Å². The number of benzene rings is 2. The van der Waals surface area contributed by atoms with Crippen LogP contribution in [0.15, 0.2) is 30.3 Å². The second-order valence-electron chi connectivity index (χ2n) is 5.34. The van der Waals surface area contributed by atoms with E-state index in [1.54, 1.807) is 4.90 Å². The maximum atomic E-state index is 14.2. The van der Waals surface area contributed by atoms with E-state index in [4.69, 9.17) is 0 Å². The molecule has 0 bridgehead atoms. The van der Waals surface area contributed by atoms with E-state index in [-0.39, 0.29) is 11.3 Å². The Hall–Kier alpha value is -2.23. The highest BCUT2D eigenvalue weighted by Gasteiger charge is 2.24. The highest BCUT2D eigenvalue weighted by molar-refractivity contribution is 5.78. The number of carbonyl (C=O) groups is 1. The van der Waals surface area contributed by atoms with E-state index in [0.29, 0.717) is 12.8 Å². The van der Waals surface area contributed by atoms with Crippen molar-refractivity contribution in [2.24, 2.45) is 0 Å². The van der Waals surface area contributed by atoms with Crippen molar-refractivity contribution in [1.82, 2.24) is 0 Å². The van der Waals surface area contributed by atoms with Crippen LogP contribution in [0.1, 0.15) is 27.9 Å². The molecule has 108 valence electrons. The molecular weight excluding hydrogens is 272 g/mol. The van der Waals surface area contributed by atoms with Crippen LogP contribution >= 0.6 is 0 Å². The van der Waals surface area contributed by atoms with E-state index in [1.807, 2.05) is 19.1 Å². The minimum Gasteiger partial charge on any atom is -0.336 e. The molecule has 0 amide bonds. The molecule has 3 rings (SSSR count). The average Bonchev–Trinajstić information content (AvgIpc) is 2.46. The number of hydrogen-bond donors (Lipinski definition) is 0. The zero-order chi connectivity index (χ0) is 15.0. The van der Waals surface area contributed by atoms with Crippen LogP contribution < -0.4 is 4.90 Å². The Labute approximate surface area is 122 Å². The number of rotatable bonds is 2. The second-order valence-corrected chi connectivity index (χ2v) is 5.34. The summed E-state index contributed by atoms with van der Waals surface area (Å²) >= 11 is 0. The number of aldehydes is 1. The molecule has 1 aliphatic heterocycles. The van der Waals surface area contributed by atoms with E-state index < -0.39 is 11.6 Å². The Morgan fingerprint density at radius 1 is 1.14 bits per heavy atom. The van der Waals surface area contributed by atoms with Gasteiger partial charge in [0.2, 0.25) is 0 Å². The van der Waals surface area contributed by atoms with Gasteiger partial charge in [0.25, 0.3) is 0 Å². The van der Waals surface area contributed by atoms with Crippen molar-refractivity contribution in [2.45, 2.75) is 19.8 Å². The van der Waals surface area contributed by atoms with Crippen LogP contribution in [0.2, 0.25) is 0 Å². The third-order valence-corrected chi connectivity index (χ3v) is 3.80. The summed E-state index contributed by atoms with van der Waals surface area (Å²) in [6.07, 6.45) is 2.19. The molecule has 0 fully saturated rings. The van der Waals surface area contributed by atoms with Gasteiger partial charge >= 0.3 is 0 Å². The molecule has 21 heavy (non-hydrogen) atoms. The van der Waals surface area contributed by atoms with Crippen molar-refractivity contribution in [3.63, 3.8) is 0 Å². The van der Waals surface area contributed by atoms with E-state index in [2.05, 4.69) is 6.07 Å². The number of fused-ring (bicyclic) bond motifs is 1. The highest BCUT2D eigenvalue weighted by atomic mass is 19.1. The third kappa shape index (κ3) is 2.42. The normalized spacial score (nSPS) is 14.0. The Bertz CT molecular complexity index is 689. The summed E-state index contributed by atoms with van der Waals surface area (Å²) in [5, 5.41) is 0. The molecule has 0 atom stereocenters. The van der Waals surface area contributed by atoms with Gasteiger partial charge in [0.15, 0.2) is 11.6 Å². The SMILES string of the molecule is Cc1ccc2c(c1)CCCN2c1c(F)cc(C=O)cc1F. The molecule has 0 radical (unpaired) electrons. The number of nitrogens with zero attached hydrogens (tertiary/aromatic N) is 1. The lowest BCUT2D eigenvalue weighted by atomic mass is 9.98. The predicted molar refractivity (Wildman–Crippen MR) is 78.3 cm³/mol. The number of carbonyl (C=O) groups excluding carboxylic acids is 1. The first-order valence-corrected chi connectivity index (χ1v) is 6.91. The Balaban J connectivity index is 2.13. The van der Waals surface area contributed by atoms with Crippen LogP contribution in [0.4, 0.5) is 20.2 Å². The zero-order valence-corrected chi connectivity index (χ0v) is 11.7. The number of halogens is 2. The van der Waals surface area contributed by atoms with E-state index >= 15 is 0 Å². The van der Waals surface area contributed by atoms with Gasteiger partial charge in [-0.25, -0.2) is 8.78 Å². The van der Waals surface area contributed by atoms with E-state index in [1.165, 1.54) is 0 Å². The smallest absolute Gasteiger partial charge is 0.150 e. The third-order valence-electron chi connectivity index (χ3n) is 3.80. The molecule has 4 heteroatoms. The van der Waals surface area contributed by atoms with Crippen molar-refractivity contribution in [1.29, 1.82) is 0 Å². The lowest BCUT2D eigenvalue weighted by Gasteiger charge is -2.32. The summed E-state index contributed by atoms with van der Waals surface area (Å²) < 4.78 is 28.4. The molecule has 0 saturated heterocycles. The molecule has 1 heterocycles. The van der Waals surface area contributed by atoms with Gasteiger partial charge in [-0.3, -0.25) is 4.79 Å². The Morgan fingerprint density at radius 2 is 1.86 bits per heavy atom. The molecule has 0 unspecified atom stereocenters. The lowest BCUT2D eigenvalue weighted by Crippen LogP contribution is -2.26. The highest BCUT2D eigenvalue weighted by Crippen LogP contribution is 2.37. The largest absolute Gasteiger partial charge is 0.336 e. The first kappa shape index (κ1) is 13.7. The van der Waals surface area contributed by atoms with Gasteiger partial charge in [0, 0.05) is 17.8 Å². The summed E-state index contributed by atoms with van der Waals surface area (Å²) in [7, 11) is 0. The lowest BCUT2D eigenvalue weighted by molar-refractivity contribution is 0.112. The minimum absolute atomic E-state index is 0.00916. The van der Waals surface area contributed by atoms with Gasteiger partial charge in [-0.2, -0.15) is 0 Å². The number of hydrogen-bond acceptors (Lipinski definition) is 2. The molecule has 0 spiro atoms. The molecule has 0 aliphatic carbocycles. The van der Waals surface area contributed by atoms with Gasteiger partial charge in [0.05, 0.1) is 0 Å². The van der Waals surface area contributed by atoms with Crippen LogP contribution in [0.5, 0.6) is 0 Å². The number of aryl methyl sites for hydroxylation is 2. The summed E-state index contributed by atoms with van der Waals surface area (Å²) in [5.74, 6) is -1.41. The van der Waals surface area contributed by atoms with Gasteiger partial charge in [-0.1, -0.05) is 17.7 Å². The van der Waals surface area contributed by atoms with Gasteiger partial charge < -0.3 is 4.90 Å². The van der Waals surface area contributed by atoms with Gasteiger partial charge in [-0.05, 0) is 43.5 Å². The van der Waals surface area contributed by atoms with E-state index in [0.717, 1.165) is 41.8 Å². The topological polar surface area (TPSA) is 20.3 Å². The van der Waals surface area contributed by atoms with Gasteiger partial charge in [-0.15, -0.1) is 0 Å². The Morgan fingerprint density at radius 3 is 2.52 bits per heavy atom. The molecule has 2 aromatic rings. The summed E-state index contributed by atoms with van der Waals surface area (Å²) in [6.45, 7) is 2.56. The van der Waals surface area contributed by atoms with Crippen molar-refractivity contribution < 1.29 is 13.6 Å². The molecule has 2 nitrogen and oxygen atoms in total. The quantitative estimate of drug-likeness (QED) is 0.773. The summed E-state index contributed by atoms with van der Waals surface area (Å²) in [4.78, 5) is 12.4. The molecule has 0 aromatic heterocycles. The van der Waals surface area contributed by atoms with E-state index in [9.17, 15) is 13.6 Å². The first-order chi connectivity index (χ1) is 10.1. The zero-order valence-electron chi connectivity index (χ0n) is 11.7. The second kappa shape index (κ2) is 5.28. The van der Waals surface area contributed by atoms with Crippen molar-refractivity contribution in [3.05, 3.63) is 58.7 Å². The molecule has 0 saturated carbocycles. The first-order valence-electron chi connectivity index (χ1n) is 6.91. The summed E-state index contributed by atoms with van der Waals surface area (Å²) in [6, 6.07) is 8.04. The van der Waals surface area contributed by atoms with Crippen LogP contribution in [0.25, 0.3) is 0 Å². The maximum Gasteiger partial charge on any atom is 0.150 e. The van der Waals surface area contributed by atoms with Crippen molar-refractivity contribution in [2.75, 3.05) is 11.4 Å². The van der Waals surface area contributed by atoms with Gasteiger partial charge in [0.1, 0.15) is 12.0 Å². The molecule has 1 aliphatic rings. The van der Waals surface area contributed by atoms with Crippen LogP contribution in [-0.4, -0.2) is 12.8 Å². The standard InChI is InChI=1S/C17H15F2NO/c1-11-4-5-16-13(7-11)3-2-6-20(16)17-14(18)8-12(10-21)9-15(17)19/h4-5,7-10H,2-3,6H2,1H3. The summed E-state index contributed by atoms with van der Waals surface area (Å²) in [5.41, 5.74) is 3.00. The predicted octanol–water partition coefficient (Wildman–Crippen LogP) is 4.17. The molecular formula is C17H15F2NO. The average molecular weight is 287 g/mol. The fraction of sp³-hybridized carbons (Fsp3) is 0.235. The molecule has 0 N–H and O–H groups in total. The minimum atomic E-state index is -0.703. The molecule has 2 aromatic carbocycles. The Kier molecular flexibility index (Phi) is 3.45. The number of anilines is 2. The van der Waals surface area contributed by atoms with Crippen LogP contribution in [0.3, 0.4) is 0 Å². The van der Waals surface area contributed by atoms with Crippen molar-refractivity contribution in [3.8, 4) is 0 Å².